The summed E-state index contributed by atoms with van der Waals surface area (Å²) >= 11 is 0. The third kappa shape index (κ3) is 4.76. The standard InChI is InChI=1S/C19H34N6O/c1-21(2)8-5-10-23-11-7-20-18(23)17-6-4-9-25(16-17)19(26)24-14-12-22(3)13-15-24/h7,11,17H,4-6,8-10,12-16H2,1-3H3/t17-/m1/s1. The molecule has 0 aliphatic carbocycles. The number of likely N-dealkylation sites (tertiary alicyclic amines) is 1. The molecule has 0 spiro atoms. The number of aromatic nitrogens is 2. The monoisotopic (exact) mass is 362 g/mol. The van der Waals surface area contributed by atoms with E-state index in [9.17, 15) is 4.79 Å². The summed E-state index contributed by atoms with van der Waals surface area (Å²) in [6.07, 6.45) is 7.30. The van der Waals surface area contributed by atoms with Crippen molar-refractivity contribution in [3.63, 3.8) is 0 Å². The summed E-state index contributed by atoms with van der Waals surface area (Å²) < 4.78 is 2.29. The smallest absolute Gasteiger partial charge is 0.320 e. The Morgan fingerprint density at radius 2 is 1.96 bits per heavy atom. The molecule has 2 aliphatic heterocycles. The van der Waals surface area contributed by atoms with E-state index >= 15 is 0 Å². The zero-order valence-electron chi connectivity index (χ0n) is 16.6. The van der Waals surface area contributed by atoms with Crippen LogP contribution in [0.15, 0.2) is 12.4 Å². The first kappa shape index (κ1) is 19.2. The van der Waals surface area contributed by atoms with Gasteiger partial charge in [0.1, 0.15) is 5.82 Å². The molecule has 1 aromatic rings. The number of hydrogen-bond acceptors (Lipinski definition) is 4. The first-order valence-corrected chi connectivity index (χ1v) is 9.92. The van der Waals surface area contributed by atoms with E-state index < -0.39 is 0 Å². The highest BCUT2D eigenvalue weighted by Gasteiger charge is 2.30. The average molecular weight is 363 g/mol. The van der Waals surface area contributed by atoms with Gasteiger partial charge >= 0.3 is 6.03 Å². The Balaban J connectivity index is 1.58. The minimum absolute atomic E-state index is 0.216. The molecule has 1 atom stereocenters. The second-order valence-electron chi connectivity index (χ2n) is 7.99. The van der Waals surface area contributed by atoms with Gasteiger partial charge in [0.2, 0.25) is 0 Å². The predicted octanol–water partition coefficient (Wildman–Crippen LogP) is 1.38. The third-order valence-electron chi connectivity index (χ3n) is 5.58. The van der Waals surface area contributed by atoms with Gasteiger partial charge in [-0.2, -0.15) is 0 Å². The number of amides is 2. The number of carbonyl (C=O) groups is 1. The van der Waals surface area contributed by atoms with E-state index in [0.29, 0.717) is 5.92 Å². The van der Waals surface area contributed by atoms with E-state index in [1.807, 2.05) is 11.1 Å². The number of rotatable bonds is 5. The number of hydrogen-bond donors (Lipinski definition) is 0. The van der Waals surface area contributed by atoms with Crippen molar-refractivity contribution in [1.29, 1.82) is 0 Å². The molecular formula is C19H34N6O. The van der Waals surface area contributed by atoms with Gasteiger partial charge in [0.25, 0.3) is 0 Å². The summed E-state index contributed by atoms with van der Waals surface area (Å²) in [4.78, 5) is 26.1. The first-order valence-electron chi connectivity index (χ1n) is 9.92. The van der Waals surface area contributed by atoms with Crippen molar-refractivity contribution in [2.45, 2.75) is 31.7 Å². The fourth-order valence-corrected chi connectivity index (χ4v) is 3.99. The number of piperazine rings is 1. The van der Waals surface area contributed by atoms with Crippen LogP contribution in [-0.2, 0) is 6.54 Å². The van der Waals surface area contributed by atoms with Gasteiger partial charge in [0.15, 0.2) is 0 Å². The average Bonchev–Trinajstić information content (AvgIpc) is 3.10. The van der Waals surface area contributed by atoms with Gasteiger partial charge in [0.05, 0.1) is 0 Å². The van der Waals surface area contributed by atoms with Crippen LogP contribution in [0.3, 0.4) is 0 Å². The molecule has 146 valence electrons. The maximum absolute atomic E-state index is 12.9. The lowest BCUT2D eigenvalue weighted by molar-refractivity contribution is 0.111. The minimum atomic E-state index is 0.216. The number of carbonyl (C=O) groups excluding carboxylic acids is 1. The number of likely N-dealkylation sites (N-methyl/N-ethyl adjacent to an activating group) is 1. The van der Waals surface area contributed by atoms with E-state index in [0.717, 1.165) is 77.4 Å². The maximum atomic E-state index is 12.9. The quantitative estimate of drug-likeness (QED) is 0.794. The number of aryl methyl sites for hydroxylation is 1. The molecule has 7 nitrogen and oxygen atoms in total. The van der Waals surface area contributed by atoms with Gasteiger partial charge in [0, 0.05) is 64.1 Å². The Morgan fingerprint density at radius 1 is 1.19 bits per heavy atom. The third-order valence-corrected chi connectivity index (χ3v) is 5.58. The Bertz CT molecular complexity index is 578. The topological polar surface area (TPSA) is 47.9 Å². The van der Waals surface area contributed by atoms with Crippen LogP contribution >= 0.6 is 0 Å². The fraction of sp³-hybridized carbons (Fsp3) is 0.789. The molecule has 3 rings (SSSR count). The summed E-state index contributed by atoms with van der Waals surface area (Å²) in [5, 5.41) is 0. The molecule has 0 aromatic carbocycles. The van der Waals surface area contributed by atoms with E-state index in [1.54, 1.807) is 0 Å². The van der Waals surface area contributed by atoms with E-state index in [2.05, 4.69) is 51.6 Å². The SMILES string of the molecule is CN(C)CCCn1ccnc1[C@@H]1CCCN(C(=O)N2CCN(C)CC2)C1. The van der Waals surface area contributed by atoms with Gasteiger partial charge in [-0.1, -0.05) is 0 Å². The lowest BCUT2D eigenvalue weighted by atomic mass is 9.97. The molecular weight excluding hydrogens is 328 g/mol. The van der Waals surface area contributed by atoms with E-state index in [4.69, 9.17) is 0 Å². The second-order valence-corrected chi connectivity index (χ2v) is 7.99. The van der Waals surface area contributed by atoms with Crippen molar-refractivity contribution in [3.8, 4) is 0 Å². The summed E-state index contributed by atoms with van der Waals surface area (Å²) in [6.45, 7) is 7.38. The molecule has 3 heterocycles. The first-order chi connectivity index (χ1) is 12.5. The van der Waals surface area contributed by atoms with Crippen LogP contribution < -0.4 is 0 Å². The summed E-state index contributed by atoms with van der Waals surface area (Å²) in [6, 6.07) is 0.216. The molecule has 2 fully saturated rings. The Kier molecular flexibility index (Phi) is 6.53. The highest BCUT2D eigenvalue weighted by molar-refractivity contribution is 5.74. The maximum Gasteiger partial charge on any atom is 0.320 e. The van der Waals surface area contributed by atoms with Crippen LogP contribution in [0.5, 0.6) is 0 Å². The van der Waals surface area contributed by atoms with Gasteiger partial charge < -0.3 is 24.2 Å². The molecule has 1 aromatic heterocycles. The van der Waals surface area contributed by atoms with E-state index in [1.165, 1.54) is 0 Å². The van der Waals surface area contributed by atoms with Crippen molar-refractivity contribution in [2.24, 2.45) is 0 Å². The van der Waals surface area contributed by atoms with Crippen molar-refractivity contribution in [2.75, 3.05) is 67.0 Å². The lowest BCUT2D eigenvalue weighted by Crippen LogP contribution is -2.53. The Labute approximate surface area is 157 Å². The largest absolute Gasteiger partial charge is 0.335 e. The van der Waals surface area contributed by atoms with E-state index in [-0.39, 0.29) is 6.03 Å². The summed E-state index contributed by atoms with van der Waals surface area (Å²) in [5.41, 5.74) is 0. The van der Waals surface area contributed by atoms with Crippen LogP contribution in [-0.4, -0.2) is 102 Å². The highest BCUT2D eigenvalue weighted by atomic mass is 16.2. The minimum Gasteiger partial charge on any atom is -0.335 e. The zero-order valence-corrected chi connectivity index (χ0v) is 16.6. The van der Waals surface area contributed by atoms with Crippen LogP contribution in [0, 0.1) is 0 Å². The molecule has 0 saturated carbocycles. The molecule has 0 radical (unpaired) electrons. The summed E-state index contributed by atoms with van der Waals surface area (Å²) in [7, 11) is 6.34. The van der Waals surface area contributed by atoms with Gasteiger partial charge in [-0.3, -0.25) is 0 Å². The van der Waals surface area contributed by atoms with Crippen LogP contribution in [0.4, 0.5) is 4.79 Å². The Hall–Kier alpha value is -1.60. The fourth-order valence-electron chi connectivity index (χ4n) is 3.99. The van der Waals surface area contributed by atoms with Crippen molar-refractivity contribution >= 4 is 6.03 Å². The van der Waals surface area contributed by atoms with Crippen molar-refractivity contribution in [3.05, 3.63) is 18.2 Å². The van der Waals surface area contributed by atoms with Crippen LogP contribution in [0.1, 0.15) is 31.0 Å². The predicted molar refractivity (Wildman–Crippen MR) is 103 cm³/mol. The molecule has 2 saturated heterocycles. The van der Waals surface area contributed by atoms with Crippen molar-refractivity contribution < 1.29 is 4.79 Å². The molecule has 0 bridgehead atoms. The number of nitrogens with zero attached hydrogens (tertiary/aromatic N) is 6. The lowest BCUT2D eigenvalue weighted by Gasteiger charge is -2.39. The molecule has 26 heavy (non-hydrogen) atoms. The summed E-state index contributed by atoms with van der Waals surface area (Å²) in [5.74, 6) is 1.51. The normalized spacial score (nSPS) is 22.2. The molecule has 2 amide bonds. The van der Waals surface area contributed by atoms with Crippen LogP contribution in [0.25, 0.3) is 0 Å². The zero-order chi connectivity index (χ0) is 18.5. The molecule has 0 unspecified atom stereocenters. The molecule has 7 heteroatoms. The number of imidazole rings is 1. The molecule has 0 N–H and O–H groups in total. The van der Waals surface area contributed by atoms with Gasteiger partial charge in [-0.25, -0.2) is 9.78 Å². The Morgan fingerprint density at radius 3 is 2.69 bits per heavy atom. The molecule has 2 aliphatic rings. The number of urea groups is 1. The number of piperidine rings is 1. The van der Waals surface area contributed by atoms with Gasteiger partial charge in [-0.15, -0.1) is 0 Å². The highest BCUT2D eigenvalue weighted by Crippen LogP contribution is 2.27. The van der Waals surface area contributed by atoms with Crippen molar-refractivity contribution in [1.82, 2.24) is 29.2 Å². The second kappa shape index (κ2) is 8.86. The van der Waals surface area contributed by atoms with Crippen LogP contribution in [0.2, 0.25) is 0 Å². The van der Waals surface area contributed by atoms with Gasteiger partial charge in [-0.05, 0) is 47.0 Å².